The number of rotatable bonds is 16. The molecule has 0 amide bonds. The van der Waals surface area contributed by atoms with E-state index in [0.717, 1.165) is 150 Å². The summed E-state index contributed by atoms with van der Waals surface area (Å²) in [6.07, 6.45) is 0. The van der Waals surface area contributed by atoms with Gasteiger partial charge in [-0.05, 0) is 127 Å². The first-order valence-corrected chi connectivity index (χ1v) is 39.6. The molecule has 0 unspecified atom stereocenters. The molecule has 6 aromatic heterocycles. The Labute approximate surface area is 694 Å². The van der Waals surface area contributed by atoms with Crippen LogP contribution < -0.4 is 0 Å². The monoisotopic (exact) mass is 1550 g/mol. The number of nitriles is 2. The van der Waals surface area contributed by atoms with Gasteiger partial charge in [0.2, 0.25) is 0 Å². The van der Waals surface area contributed by atoms with Gasteiger partial charge in [-0.25, -0.2) is 59.8 Å². The van der Waals surface area contributed by atoms with Gasteiger partial charge in [0.1, 0.15) is 0 Å². The molecule has 15 aromatic carbocycles. The predicted molar refractivity (Wildman–Crippen MR) is 479 cm³/mol. The van der Waals surface area contributed by atoms with Gasteiger partial charge in [0.25, 0.3) is 0 Å². The lowest BCUT2D eigenvalue weighted by atomic mass is 9.93. The fourth-order valence-corrected chi connectivity index (χ4v) is 16.1. The Bertz CT molecular complexity index is 7110. The number of fused-ring (bicyclic) bond motifs is 6. The number of hydrogen-bond donors (Lipinski definition) is 0. The van der Waals surface area contributed by atoms with Crippen LogP contribution in [-0.4, -0.2) is 68.9 Å². The lowest BCUT2D eigenvalue weighted by Crippen LogP contribution is -2.03. The van der Waals surface area contributed by atoms with Crippen LogP contribution in [0.4, 0.5) is 0 Å². The van der Waals surface area contributed by atoms with Gasteiger partial charge in [-0.1, -0.05) is 267 Å². The number of aromatic nitrogens is 14. The van der Waals surface area contributed by atoms with E-state index in [1.54, 1.807) is 0 Å². The van der Waals surface area contributed by atoms with E-state index in [1.807, 2.05) is 280 Å². The van der Waals surface area contributed by atoms with Crippen LogP contribution in [0.2, 0.25) is 0 Å². The topological polar surface area (TPSA) is 212 Å². The molecule has 0 bridgehead atoms. The minimum atomic E-state index is 0.442. The molecule has 0 atom stereocenters. The first-order chi connectivity index (χ1) is 59.7. The van der Waals surface area contributed by atoms with Crippen molar-refractivity contribution in [3.05, 3.63) is 387 Å². The zero-order valence-corrected chi connectivity index (χ0v) is 64.9. The summed E-state index contributed by atoms with van der Waals surface area (Å²) < 4.78 is 4.60. The molecule has 564 valence electrons. The van der Waals surface area contributed by atoms with Gasteiger partial charge in [0.15, 0.2) is 69.9 Å². The molecule has 0 aliphatic rings. The molecule has 0 spiro atoms. The molecule has 16 nitrogen and oxygen atoms in total. The highest BCUT2D eigenvalue weighted by Gasteiger charge is 2.27. The molecule has 0 radical (unpaired) electrons. The minimum Gasteiger partial charge on any atom is -0.309 e. The molecule has 0 saturated carbocycles. The summed E-state index contributed by atoms with van der Waals surface area (Å²) in [5.74, 6) is 6.18. The highest BCUT2D eigenvalue weighted by molar-refractivity contribution is 6.14. The zero-order chi connectivity index (χ0) is 80.9. The number of aryl methyl sites for hydroxylation is 1. The van der Waals surface area contributed by atoms with Gasteiger partial charge in [0, 0.05) is 99.4 Å². The summed E-state index contributed by atoms with van der Waals surface area (Å²) in [4.78, 5) is 62.6. The predicted octanol–water partition coefficient (Wildman–Crippen LogP) is 24.0. The molecule has 21 aromatic rings. The van der Waals surface area contributed by atoms with E-state index < -0.39 is 0 Å². The lowest BCUT2D eigenvalue weighted by Gasteiger charge is -2.20. The maximum Gasteiger partial charge on any atom is 0.164 e. The van der Waals surface area contributed by atoms with Gasteiger partial charge in [0.05, 0.1) is 56.7 Å². The largest absolute Gasteiger partial charge is 0.309 e. The molecule has 0 aliphatic heterocycles. The van der Waals surface area contributed by atoms with Crippen molar-refractivity contribution in [1.82, 2.24) is 68.9 Å². The second-order valence-electron chi connectivity index (χ2n) is 29.5. The highest BCUT2D eigenvalue weighted by atomic mass is 15.1. The maximum atomic E-state index is 11.3. The lowest BCUT2D eigenvalue weighted by molar-refractivity contribution is 1.07. The van der Waals surface area contributed by atoms with Gasteiger partial charge >= 0.3 is 0 Å². The summed E-state index contributed by atoms with van der Waals surface area (Å²) in [7, 11) is 0. The van der Waals surface area contributed by atoms with E-state index in [9.17, 15) is 10.5 Å². The Morgan fingerprint density at radius 2 is 0.397 bits per heavy atom. The van der Waals surface area contributed by atoms with Crippen molar-refractivity contribution < 1.29 is 0 Å². The third-order valence-electron chi connectivity index (χ3n) is 21.9. The van der Waals surface area contributed by atoms with Crippen LogP contribution in [0.15, 0.2) is 370 Å². The van der Waals surface area contributed by atoms with Gasteiger partial charge in [-0.2, -0.15) is 10.5 Å². The SMILES string of the molecule is Cc1cc(C#N)ccc1-c1ccc(-c2ccc(C#N)cc2-n2c3ccc(-c4nc(-c5ccccc5)nc(-c5ccccc5)n4)cc3c3cc(-c4nc(-c5ccccc5)nc(-c5ccccc5)n4)ccc32)c(-n2c3ccc(-c4nc(-c5ccccc5)nc(-c5ccccc5)n4)cc3c3cc(-c4nc(-c5ccccc5)nc(-c5ccccc5)n4)ccc32)c1. The standard InChI is InChI=1S/C105H64N16/c1-65-56-66(63-106)42-49-81(65)76-44-51-83(93(62-76)121-90-54-47-79(104-116-98(72-34-18-6-19-35-72)110-99(117-104)73-36-20-7-21-37-73)60-86(90)87-61-80(48-55-91(87)121)105-118-100(74-38-22-8-23-39-74)111-101(119-105)75-40-24-9-25-41-75)82-50-43-67(64-107)57-92(82)120-88-52-45-77(102-112-94(68-26-10-2-11-27-68)108-95(113-102)69-28-12-3-13-29-69)58-84(88)85-59-78(46-53-89(85)120)103-114-96(70-30-14-4-15-31-70)109-97(115-103)71-32-16-5-17-33-71/h2-62H,1H3. The van der Waals surface area contributed by atoms with Crippen LogP contribution >= 0.6 is 0 Å². The van der Waals surface area contributed by atoms with Crippen LogP contribution in [0.3, 0.4) is 0 Å². The average Bonchev–Trinajstić information content (AvgIpc) is 1.58. The number of nitrogens with zero attached hydrogens (tertiary/aromatic N) is 16. The Morgan fingerprint density at radius 1 is 0.190 bits per heavy atom. The van der Waals surface area contributed by atoms with E-state index >= 15 is 0 Å². The summed E-state index contributed by atoms with van der Waals surface area (Å²) >= 11 is 0. The Hall–Kier alpha value is -17.1. The van der Waals surface area contributed by atoms with Crippen molar-refractivity contribution in [2.45, 2.75) is 6.92 Å². The van der Waals surface area contributed by atoms with Crippen LogP contribution in [0, 0.1) is 29.6 Å². The minimum absolute atomic E-state index is 0.442. The Morgan fingerprint density at radius 3 is 0.636 bits per heavy atom. The van der Waals surface area contributed by atoms with Crippen LogP contribution in [0.5, 0.6) is 0 Å². The van der Waals surface area contributed by atoms with E-state index in [0.29, 0.717) is 81.0 Å². The highest BCUT2D eigenvalue weighted by Crippen LogP contribution is 2.46. The summed E-state index contributed by atoms with van der Waals surface area (Å²) in [5, 5.41) is 25.1. The molecule has 21 rings (SSSR count). The second-order valence-corrected chi connectivity index (χ2v) is 29.5. The van der Waals surface area contributed by atoms with E-state index in [4.69, 9.17) is 59.8 Å². The van der Waals surface area contributed by atoms with E-state index in [2.05, 4.69) is 118 Å². The van der Waals surface area contributed by atoms with Crippen molar-refractivity contribution in [2.24, 2.45) is 0 Å². The second kappa shape index (κ2) is 30.6. The molecule has 16 heteroatoms. The summed E-state index contributed by atoms with van der Waals surface area (Å²) in [6, 6.07) is 129. The fraction of sp³-hybridized carbons (Fsp3) is 0.00952. The van der Waals surface area contributed by atoms with Crippen molar-refractivity contribution in [1.29, 1.82) is 10.5 Å². The van der Waals surface area contributed by atoms with Crippen molar-refractivity contribution in [3.8, 4) is 182 Å². The molecule has 0 N–H and O–H groups in total. The van der Waals surface area contributed by atoms with Crippen LogP contribution in [0.1, 0.15) is 16.7 Å². The maximum absolute atomic E-state index is 11.3. The molecule has 0 aliphatic carbocycles. The number of benzene rings is 15. The summed E-state index contributed by atoms with van der Waals surface area (Å²) in [6.45, 7) is 2.04. The molecular formula is C105H64N16. The normalized spacial score (nSPS) is 11.3. The zero-order valence-electron chi connectivity index (χ0n) is 64.9. The Kier molecular flexibility index (Phi) is 18.1. The van der Waals surface area contributed by atoms with Crippen molar-refractivity contribution in [2.75, 3.05) is 0 Å². The quantitative estimate of drug-likeness (QED) is 0.0881. The molecule has 121 heavy (non-hydrogen) atoms. The van der Waals surface area contributed by atoms with Gasteiger partial charge in [-0.3, -0.25) is 0 Å². The van der Waals surface area contributed by atoms with E-state index in [-0.39, 0.29) is 0 Å². The van der Waals surface area contributed by atoms with Gasteiger partial charge in [-0.15, -0.1) is 0 Å². The van der Waals surface area contributed by atoms with Crippen molar-refractivity contribution in [3.63, 3.8) is 0 Å². The third kappa shape index (κ3) is 13.6. The molecular weight excluding hydrogens is 1490 g/mol. The summed E-state index contributed by atoms with van der Waals surface area (Å²) in [5.41, 5.74) is 20.1. The number of hydrogen-bond acceptors (Lipinski definition) is 14. The molecule has 0 saturated heterocycles. The van der Waals surface area contributed by atoms with Crippen LogP contribution in [-0.2, 0) is 0 Å². The van der Waals surface area contributed by atoms with Crippen molar-refractivity contribution >= 4 is 43.6 Å². The van der Waals surface area contributed by atoms with E-state index in [1.165, 1.54) is 0 Å². The Balaban J connectivity index is 0.826. The van der Waals surface area contributed by atoms with Gasteiger partial charge < -0.3 is 9.13 Å². The first kappa shape index (κ1) is 71.7. The first-order valence-electron chi connectivity index (χ1n) is 39.6. The fourth-order valence-electron chi connectivity index (χ4n) is 16.1. The average molecular weight is 1550 g/mol. The third-order valence-corrected chi connectivity index (χ3v) is 21.9. The van der Waals surface area contributed by atoms with Crippen LogP contribution in [0.25, 0.3) is 214 Å². The molecule has 0 fully saturated rings. The smallest absolute Gasteiger partial charge is 0.164 e. The molecule has 6 heterocycles.